The first-order valence-corrected chi connectivity index (χ1v) is 9.86. The molecule has 27 heavy (non-hydrogen) atoms. The van der Waals surface area contributed by atoms with Crippen molar-refractivity contribution in [3.05, 3.63) is 72.8 Å². The number of hydrogen-bond acceptors (Lipinski definition) is 2. The van der Waals surface area contributed by atoms with E-state index in [1.54, 1.807) is 0 Å². The number of nitrogens with one attached hydrogen (secondary N) is 1. The first-order chi connectivity index (χ1) is 13.4. The van der Waals surface area contributed by atoms with E-state index in [0.717, 1.165) is 22.1 Å². The summed E-state index contributed by atoms with van der Waals surface area (Å²) >= 11 is 1.85. The Hall–Kier alpha value is -3.30. The summed E-state index contributed by atoms with van der Waals surface area (Å²) in [5.74, 6) is 0. The molecule has 0 saturated heterocycles. The number of benzene rings is 4. The lowest BCUT2D eigenvalue weighted by molar-refractivity contribution is 0.672. The van der Waals surface area contributed by atoms with Crippen molar-refractivity contribution in [3.63, 3.8) is 0 Å². The smallest absolute Gasteiger partial charge is 0.159 e. The Morgan fingerprint density at radius 2 is 1.30 bits per heavy atom. The van der Waals surface area contributed by atoms with E-state index in [1.165, 1.54) is 41.8 Å². The fourth-order valence-electron chi connectivity index (χ4n) is 4.40. The molecule has 0 fully saturated rings. The fourth-order valence-corrected chi connectivity index (χ4v) is 5.61. The van der Waals surface area contributed by atoms with Gasteiger partial charge in [-0.05, 0) is 18.2 Å². The van der Waals surface area contributed by atoms with Crippen molar-refractivity contribution in [3.8, 4) is 0 Å². The molecule has 3 aromatic heterocycles. The van der Waals surface area contributed by atoms with Gasteiger partial charge in [-0.3, -0.25) is 0 Å². The van der Waals surface area contributed by atoms with Crippen molar-refractivity contribution in [2.45, 2.75) is 0 Å². The number of aromatic amines is 1. The third-order valence-corrected chi connectivity index (χ3v) is 6.84. The second-order valence-electron chi connectivity index (χ2n) is 7.05. The normalized spacial score (nSPS) is 12.4. The van der Waals surface area contributed by atoms with E-state index in [0.29, 0.717) is 0 Å². The van der Waals surface area contributed by atoms with E-state index in [1.807, 2.05) is 23.5 Å². The first kappa shape index (κ1) is 13.8. The highest BCUT2D eigenvalue weighted by Gasteiger charge is 2.16. The van der Waals surface area contributed by atoms with Gasteiger partial charge in [0.15, 0.2) is 5.58 Å². The SMILES string of the molecule is c1ccc2c(c1)oc1c2ccc2c3ccc4c5ccccc5sc4c3[nH]c21. The predicted molar refractivity (Wildman–Crippen MR) is 116 cm³/mol. The molecule has 0 aliphatic rings. The number of furan rings is 1. The zero-order chi connectivity index (χ0) is 17.5. The molecule has 1 N–H and O–H groups in total. The number of aromatic nitrogens is 1. The molecule has 3 heteroatoms. The minimum Gasteiger partial charge on any atom is -0.454 e. The molecule has 0 atom stereocenters. The van der Waals surface area contributed by atoms with E-state index in [-0.39, 0.29) is 0 Å². The third-order valence-electron chi connectivity index (χ3n) is 5.63. The van der Waals surface area contributed by atoms with E-state index in [9.17, 15) is 0 Å². The molecule has 0 spiro atoms. The maximum Gasteiger partial charge on any atom is 0.159 e. The molecule has 2 nitrogen and oxygen atoms in total. The molecule has 0 unspecified atom stereocenters. The van der Waals surface area contributed by atoms with Crippen LogP contribution in [0.4, 0.5) is 0 Å². The average Bonchev–Trinajstić information content (AvgIpc) is 3.38. The number of H-pyrrole nitrogens is 1. The Bertz CT molecular complexity index is 1550. The maximum absolute atomic E-state index is 6.24. The fraction of sp³-hybridized carbons (Fsp3) is 0. The van der Waals surface area contributed by atoms with Gasteiger partial charge in [0, 0.05) is 37.0 Å². The molecule has 3 heterocycles. The van der Waals surface area contributed by atoms with Crippen LogP contribution in [0.2, 0.25) is 0 Å². The van der Waals surface area contributed by atoms with Gasteiger partial charge in [-0.2, -0.15) is 0 Å². The lowest BCUT2D eigenvalue weighted by Gasteiger charge is -1.94. The quantitative estimate of drug-likeness (QED) is 0.295. The van der Waals surface area contributed by atoms with E-state index < -0.39 is 0 Å². The topological polar surface area (TPSA) is 28.9 Å². The second kappa shape index (κ2) is 4.70. The molecule has 7 rings (SSSR count). The molecular weight excluding hydrogens is 350 g/mol. The molecule has 7 aromatic rings. The number of para-hydroxylation sites is 1. The lowest BCUT2D eigenvalue weighted by Crippen LogP contribution is -1.69. The van der Waals surface area contributed by atoms with Crippen LogP contribution in [-0.4, -0.2) is 4.98 Å². The highest BCUT2D eigenvalue weighted by molar-refractivity contribution is 7.26. The van der Waals surface area contributed by atoms with Crippen LogP contribution in [0.15, 0.2) is 77.2 Å². The van der Waals surface area contributed by atoms with Crippen LogP contribution in [0.25, 0.3) is 63.9 Å². The predicted octanol–water partition coefficient (Wildman–Crippen LogP) is 7.59. The Morgan fingerprint density at radius 3 is 2.22 bits per heavy atom. The maximum atomic E-state index is 6.24. The van der Waals surface area contributed by atoms with Crippen LogP contribution in [0.1, 0.15) is 0 Å². The summed E-state index contributed by atoms with van der Waals surface area (Å²) < 4.78 is 8.88. The van der Waals surface area contributed by atoms with Crippen molar-refractivity contribution in [2.75, 3.05) is 0 Å². The van der Waals surface area contributed by atoms with E-state index in [4.69, 9.17) is 4.42 Å². The summed E-state index contributed by atoms with van der Waals surface area (Å²) in [6, 6.07) is 25.8. The number of rotatable bonds is 0. The summed E-state index contributed by atoms with van der Waals surface area (Å²) in [4.78, 5) is 3.70. The zero-order valence-corrected chi connectivity index (χ0v) is 15.1. The monoisotopic (exact) mass is 363 g/mol. The summed E-state index contributed by atoms with van der Waals surface area (Å²) in [6.45, 7) is 0. The largest absolute Gasteiger partial charge is 0.454 e. The van der Waals surface area contributed by atoms with Crippen LogP contribution >= 0.6 is 11.3 Å². The van der Waals surface area contributed by atoms with Crippen molar-refractivity contribution in [1.29, 1.82) is 0 Å². The van der Waals surface area contributed by atoms with Crippen LogP contribution in [0, 0.1) is 0 Å². The molecule has 0 aliphatic heterocycles. The van der Waals surface area contributed by atoms with Gasteiger partial charge in [-0.25, -0.2) is 0 Å². The Kier molecular flexibility index (Phi) is 2.41. The summed E-state index contributed by atoms with van der Waals surface area (Å²) in [5, 5.41) is 7.45. The van der Waals surface area contributed by atoms with Crippen molar-refractivity contribution in [1.82, 2.24) is 4.98 Å². The van der Waals surface area contributed by atoms with Crippen LogP contribution in [-0.2, 0) is 0 Å². The summed E-state index contributed by atoms with van der Waals surface area (Å²) in [5.41, 5.74) is 4.17. The number of hydrogen-bond donors (Lipinski definition) is 1. The molecule has 126 valence electrons. The molecule has 0 amide bonds. The minimum atomic E-state index is 0.936. The van der Waals surface area contributed by atoms with Crippen molar-refractivity contribution >= 4 is 75.3 Å². The van der Waals surface area contributed by atoms with Gasteiger partial charge < -0.3 is 9.40 Å². The van der Waals surface area contributed by atoms with Gasteiger partial charge in [0.05, 0.1) is 15.7 Å². The number of fused-ring (bicyclic) bond motifs is 11. The second-order valence-corrected chi connectivity index (χ2v) is 8.10. The third kappa shape index (κ3) is 1.65. The highest BCUT2D eigenvalue weighted by Crippen LogP contribution is 2.42. The first-order valence-electron chi connectivity index (χ1n) is 9.04. The van der Waals surface area contributed by atoms with Gasteiger partial charge in [-0.1, -0.05) is 54.6 Å². The van der Waals surface area contributed by atoms with Gasteiger partial charge in [-0.15, -0.1) is 11.3 Å². The minimum absolute atomic E-state index is 0.936. The van der Waals surface area contributed by atoms with Crippen molar-refractivity contribution < 1.29 is 4.42 Å². The van der Waals surface area contributed by atoms with Gasteiger partial charge in [0.2, 0.25) is 0 Å². The zero-order valence-electron chi connectivity index (χ0n) is 14.2. The summed E-state index contributed by atoms with van der Waals surface area (Å²) in [6.07, 6.45) is 0. The molecule has 0 saturated carbocycles. The molecule has 0 aliphatic carbocycles. The molecule has 0 radical (unpaired) electrons. The van der Waals surface area contributed by atoms with E-state index in [2.05, 4.69) is 65.6 Å². The number of thiophene rings is 1. The molecule has 0 bridgehead atoms. The molecule has 4 aromatic carbocycles. The van der Waals surface area contributed by atoms with Gasteiger partial charge in [0.25, 0.3) is 0 Å². The van der Waals surface area contributed by atoms with Gasteiger partial charge >= 0.3 is 0 Å². The van der Waals surface area contributed by atoms with Crippen LogP contribution in [0.3, 0.4) is 0 Å². The highest BCUT2D eigenvalue weighted by atomic mass is 32.1. The van der Waals surface area contributed by atoms with Crippen molar-refractivity contribution in [2.24, 2.45) is 0 Å². The van der Waals surface area contributed by atoms with Crippen LogP contribution in [0.5, 0.6) is 0 Å². The Labute approximate surface area is 157 Å². The van der Waals surface area contributed by atoms with Gasteiger partial charge in [0.1, 0.15) is 5.58 Å². The standard InChI is InChI=1S/C24H13NOS/c1-3-7-19-13(5-1)17-11-9-15-16-10-12-18-14-6-2-4-8-20(14)27-24(18)22(16)25-21(15)23(17)26-19/h1-12,25H. The molecular formula is C24H13NOS. The Balaban J connectivity index is 1.72. The Morgan fingerprint density at radius 1 is 0.593 bits per heavy atom. The van der Waals surface area contributed by atoms with E-state index >= 15 is 0 Å². The summed E-state index contributed by atoms with van der Waals surface area (Å²) in [7, 11) is 0. The lowest BCUT2D eigenvalue weighted by atomic mass is 10.1. The average molecular weight is 363 g/mol. The van der Waals surface area contributed by atoms with Crippen LogP contribution < -0.4 is 0 Å².